The van der Waals surface area contributed by atoms with E-state index in [0.717, 1.165) is 36.9 Å². The Bertz CT molecular complexity index is 719. The summed E-state index contributed by atoms with van der Waals surface area (Å²) in [5.74, 6) is -0.0813. The molecule has 3 rings (SSSR count). The van der Waals surface area contributed by atoms with Crippen LogP contribution in [0.15, 0.2) is 43.0 Å². The van der Waals surface area contributed by atoms with Crippen LogP contribution in [0.25, 0.3) is 5.69 Å². The Balaban J connectivity index is 1.47. The number of hydrogen-bond donors (Lipinski definition) is 2. The Labute approximate surface area is 154 Å². The molecule has 6 nitrogen and oxygen atoms in total. The summed E-state index contributed by atoms with van der Waals surface area (Å²) in [5, 5.41) is 5.71. The van der Waals surface area contributed by atoms with E-state index < -0.39 is 0 Å². The fourth-order valence-electron chi connectivity index (χ4n) is 3.40. The van der Waals surface area contributed by atoms with Gasteiger partial charge in [-0.15, -0.1) is 0 Å². The highest BCUT2D eigenvalue weighted by Crippen LogP contribution is 2.23. The lowest BCUT2D eigenvalue weighted by Gasteiger charge is -2.21. The number of aromatic nitrogens is 2. The first-order chi connectivity index (χ1) is 12.6. The molecule has 138 valence electrons. The van der Waals surface area contributed by atoms with E-state index in [1.165, 1.54) is 6.42 Å². The minimum atomic E-state index is -0.166. The summed E-state index contributed by atoms with van der Waals surface area (Å²) in [6.07, 6.45) is 10.7. The van der Waals surface area contributed by atoms with Gasteiger partial charge in [0.2, 0.25) is 11.8 Å². The molecular formula is C20H26N4O2. The van der Waals surface area contributed by atoms with Crippen molar-refractivity contribution in [3.8, 4) is 5.69 Å². The summed E-state index contributed by atoms with van der Waals surface area (Å²) >= 11 is 0. The summed E-state index contributed by atoms with van der Waals surface area (Å²) in [6, 6.07) is 7.84. The number of rotatable bonds is 6. The Kier molecular flexibility index (Phi) is 6.04. The number of hydrogen-bond acceptors (Lipinski definition) is 3. The Hall–Kier alpha value is -2.63. The van der Waals surface area contributed by atoms with Gasteiger partial charge in [-0.25, -0.2) is 4.98 Å². The van der Waals surface area contributed by atoms with Crippen molar-refractivity contribution in [2.24, 2.45) is 5.92 Å². The predicted octanol–water partition coefficient (Wildman–Crippen LogP) is 2.75. The van der Waals surface area contributed by atoms with Gasteiger partial charge < -0.3 is 15.2 Å². The fourth-order valence-corrected chi connectivity index (χ4v) is 3.40. The number of carbonyl (C=O) groups is 2. The monoisotopic (exact) mass is 354 g/mol. The summed E-state index contributed by atoms with van der Waals surface area (Å²) in [6.45, 7) is 1.97. The van der Waals surface area contributed by atoms with E-state index >= 15 is 0 Å². The highest BCUT2D eigenvalue weighted by atomic mass is 16.2. The Morgan fingerprint density at radius 1 is 1.19 bits per heavy atom. The molecule has 1 atom stereocenters. The minimum Gasteiger partial charge on any atom is -0.348 e. The second-order valence-corrected chi connectivity index (χ2v) is 6.90. The van der Waals surface area contributed by atoms with Gasteiger partial charge in [0.1, 0.15) is 0 Å². The van der Waals surface area contributed by atoms with Gasteiger partial charge in [0, 0.05) is 24.0 Å². The van der Waals surface area contributed by atoms with E-state index in [0.29, 0.717) is 0 Å². The van der Waals surface area contributed by atoms with E-state index in [1.54, 1.807) is 12.5 Å². The van der Waals surface area contributed by atoms with Crippen LogP contribution in [0.2, 0.25) is 0 Å². The van der Waals surface area contributed by atoms with E-state index in [-0.39, 0.29) is 30.3 Å². The standard InChI is InChI=1S/C20H26N4O2/c1-15(16-7-9-18(10-8-16)24-12-11-21-14-24)23-19(25)13-22-20(26)17-5-3-2-4-6-17/h7-12,14-15,17H,2-6,13H2,1H3,(H,22,26)(H,23,25)/t15-/m1/s1. The molecule has 1 saturated carbocycles. The largest absolute Gasteiger partial charge is 0.348 e. The van der Waals surface area contributed by atoms with Gasteiger partial charge in [-0.1, -0.05) is 31.4 Å². The summed E-state index contributed by atoms with van der Waals surface area (Å²) in [4.78, 5) is 28.3. The van der Waals surface area contributed by atoms with Crippen molar-refractivity contribution < 1.29 is 9.59 Å². The van der Waals surface area contributed by atoms with Crippen molar-refractivity contribution in [2.45, 2.75) is 45.1 Å². The fraction of sp³-hybridized carbons (Fsp3) is 0.450. The van der Waals surface area contributed by atoms with E-state index in [4.69, 9.17) is 0 Å². The minimum absolute atomic E-state index is 0.0113. The smallest absolute Gasteiger partial charge is 0.239 e. The molecule has 2 amide bonds. The van der Waals surface area contributed by atoms with Crippen LogP contribution in [0, 0.1) is 5.92 Å². The number of nitrogens with one attached hydrogen (secondary N) is 2. The van der Waals surface area contributed by atoms with Gasteiger partial charge >= 0.3 is 0 Å². The van der Waals surface area contributed by atoms with Crippen LogP contribution in [-0.2, 0) is 9.59 Å². The SMILES string of the molecule is C[C@@H](NC(=O)CNC(=O)C1CCCCC1)c1ccc(-n2ccnc2)cc1. The van der Waals surface area contributed by atoms with Gasteiger partial charge in [0.05, 0.1) is 18.9 Å². The molecule has 0 aliphatic heterocycles. The molecule has 2 aromatic rings. The van der Waals surface area contributed by atoms with Crippen LogP contribution in [0.5, 0.6) is 0 Å². The van der Waals surface area contributed by atoms with Crippen molar-refractivity contribution in [3.63, 3.8) is 0 Å². The van der Waals surface area contributed by atoms with Crippen LogP contribution in [0.3, 0.4) is 0 Å². The predicted molar refractivity (Wildman–Crippen MR) is 99.7 cm³/mol. The molecule has 26 heavy (non-hydrogen) atoms. The normalized spacial score (nSPS) is 16.0. The van der Waals surface area contributed by atoms with Crippen LogP contribution < -0.4 is 10.6 Å². The molecule has 0 saturated heterocycles. The third-order valence-electron chi connectivity index (χ3n) is 4.97. The molecule has 0 bridgehead atoms. The average Bonchev–Trinajstić information content (AvgIpc) is 3.21. The number of carbonyl (C=O) groups excluding carboxylic acids is 2. The number of benzene rings is 1. The zero-order valence-electron chi connectivity index (χ0n) is 15.1. The van der Waals surface area contributed by atoms with Gasteiger partial charge in [0.25, 0.3) is 0 Å². The highest BCUT2D eigenvalue weighted by molar-refractivity contribution is 5.86. The number of amides is 2. The zero-order chi connectivity index (χ0) is 18.4. The molecule has 1 aromatic heterocycles. The maximum absolute atomic E-state index is 12.1. The van der Waals surface area contributed by atoms with Crippen LogP contribution in [0.4, 0.5) is 0 Å². The lowest BCUT2D eigenvalue weighted by atomic mass is 9.89. The zero-order valence-corrected chi connectivity index (χ0v) is 15.1. The highest BCUT2D eigenvalue weighted by Gasteiger charge is 2.21. The quantitative estimate of drug-likeness (QED) is 0.837. The number of nitrogens with zero attached hydrogens (tertiary/aromatic N) is 2. The van der Waals surface area contributed by atoms with E-state index in [2.05, 4.69) is 15.6 Å². The van der Waals surface area contributed by atoms with Gasteiger partial charge in [-0.2, -0.15) is 0 Å². The lowest BCUT2D eigenvalue weighted by Crippen LogP contribution is -2.40. The molecule has 1 aliphatic carbocycles. The first-order valence-corrected chi connectivity index (χ1v) is 9.29. The van der Waals surface area contributed by atoms with Crippen molar-refractivity contribution in [3.05, 3.63) is 48.5 Å². The molecule has 0 radical (unpaired) electrons. The van der Waals surface area contributed by atoms with Gasteiger partial charge in [-0.3, -0.25) is 9.59 Å². The second kappa shape index (κ2) is 8.65. The van der Waals surface area contributed by atoms with Crippen molar-refractivity contribution in [1.82, 2.24) is 20.2 Å². The second-order valence-electron chi connectivity index (χ2n) is 6.90. The molecule has 1 fully saturated rings. The van der Waals surface area contributed by atoms with E-state index in [1.807, 2.05) is 42.0 Å². The maximum atomic E-state index is 12.1. The Morgan fingerprint density at radius 3 is 2.58 bits per heavy atom. The number of imidazole rings is 1. The molecule has 1 aliphatic rings. The lowest BCUT2D eigenvalue weighted by molar-refractivity contribution is -0.129. The average molecular weight is 354 g/mol. The third kappa shape index (κ3) is 4.71. The van der Waals surface area contributed by atoms with Crippen LogP contribution >= 0.6 is 0 Å². The summed E-state index contributed by atoms with van der Waals surface area (Å²) < 4.78 is 1.92. The molecule has 1 aromatic carbocycles. The van der Waals surface area contributed by atoms with Crippen molar-refractivity contribution in [1.29, 1.82) is 0 Å². The van der Waals surface area contributed by atoms with E-state index in [9.17, 15) is 9.59 Å². The molecule has 6 heteroatoms. The maximum Gasteiger partial charge on any atom is 0.239 e. The van der Waals surface area contributed by atoms with Crippen LogP contribution in [-0.4, -0.2) is 27.9 Å². The van der Waals surface area contributed by atoms with Crippen molar-refractivity contribution in [2.75, 3.05) is 6.54 Å². The summed E-state index contributed by atoms with van der Waals surface area (Å²) in [5.41, 5.74) is 2.03. The van der Waals surface area contributed by atoms with Crippen LogP contribution in [0.1, 0.15) is 50.6 Å². The first kappa shape index (κ1) is 18.2. The molecule has 2 N–H and O–H groups in total. The van der Waals surface area contributed by atoms with Gasteiger partial charge in [0.15, 0.2) is 0 Å². The molecular weight excluding hydrogens is 328 g/mol. The molecule has 0 spiro atoms. The Morgan fingerprint density at radius 2 is 1.92 bits per heavy atom. The van der Waals surface area contributed by atoms with Crippen molar-refractivity contribution >= 4 is 11.8 Å². The molecule has 0 unspecified atom stereocenters. The topological polar surface area (TPSA) is 76.0 Å². The molecule has 1 heterocycles. The third-order valence-corrected chi connectivity index (χ3v) is 4.97. The van der Waals surface area contributed by atoms with Gasteiger partial charge in [-0.05, 0) is 37.5 Å². The summed E-state index contributed by atoms with van der Waals surface area (Å²) in [7, 11) is 0. The first-order valence-electron chi connectivity index (χ1n) is 9.29.